The predicted molar refractivity (Wildman–Crippen MR) is 139 cm³/mol. The molecule has 0 aliphatic carbocycles. The fourth-order valence-corrected chi connectivity index (χ4v) is 5.16. The average molecular weight is 470 g/mol. The number of benzene rings is 1. The molecular weight excluding hydrogens is 438 g/mol. The maximum absolute atomic E-state index is 12.8. The lowest BCUT2D eigenvalue weighted by Crippen LogP contribution is -2.57. The molecule has 1 aromatic carbocycles. The molecule has 0 unspecified atom stereocenters. The Morgan fingerprint density at radius 3 is 2.63 bits per heavy atom. The average Bonchev–Trinajstić information content (AvgIpc) is 3.30. The van der Waals surface area contributed by atoms with Crippen molar-refractivity contribution in [1.82, 2.24) is 29.2 Å². The van der Waals surface area contributed by atoms with E-state index in [1.807, 2.05) is 23.9 Å². The van der Waals surface area contributed by atoms with E-state index in [1.54, 1.807) is 30.1 Å². The van der Waals surface area contributed by atoms with Crippen molar-refractivity contribution < 1.29 is 0 Å². The van der Waals surface area contributed by atoms with Gasteiger partial charge in [0.05, 0.1) is 28.4 Å². The third-order valence-corrected chi connectivity index (χ3v) is 7.17. The molecule has 0 saturated carbocycles. The molecule has 4 heterocycles. The van der Waals surface area contributed by atoms with Gasteiger partial charge in [0.25, 0.3) is 5.56 Å². The number of anilines is 1. The first-order valence-electron chi connectivity index (χ1n) is 12.1. The molecule has 3 atom stereocenters. The van der Waals surface area contributed by atoms with Crippen LogP contribution in [0.2, 0.25) is 0 Å². The molecule has 35 heavy (non-hydrogen) atoms. The van der Waals surface area contributed by atoms with Gasteiger partial charge in [-0.05, 0) is 45.4 Å². The minimum absolute atomic E-state index is 0.0263. The minimum Gasteiger partial charge on any atom is -0.364 e. The quantitative estimate of drug-likeness (QED) is 0.427. The Kier molecular flexibility index (Phi) is 6.03. The SMILES string of the molecule is CC#CCn1cc2c(n1)c(N1C[C@H](C)N([C@H](C)c3ccc4nccnc4c3)C[C@@H]1C)cc(=O)n2C. The van der Waals surface area contributed by atoms with Gasteiger partial charge in [0, 0.05) is 56.7 Å². The highest BCUT2D eigenvalue weighted by molar-refractivity contribution is 5.88. The van der Waals surface area contributed by atoms with E-state index >= 15 is 0 Å². The van der Waals surface area contributed by atoms with Crippen LogP contribution in [0.4, 0.5) is 5.69 Å². The van der Waals surface area contributed by atoms with Crippen LogP contribution in [0.25, 0.3) is 22.1 Å². The van der Waals surface area contributed by atoms with Crippen LogP contribution in [-0.2, 0) is 13.6 Å². The molecule has 0 N–H and O–H groups in total. The van der Waals surface area contributed by atoms with Gasteiger partial charge in [0.15, 0.2) is 0 Å². The van der Waals surface area contributed by atoms with Crippen LogP contribution in [0, 0.1) is 11.8 Å². The Hall–Kier alpha value is -3.70. The summed E-state index contributed by atoms with van der Waals surface area (Å²) in [4.78, 5) is 26.6. The van der Waals surface area contributed by atoms with Crippen LogP contribution in [0.3, 0.4) is 0 Å². The molecule has 0 radical (unpaired) electrons. The Morgan fingerprint density at radius 1 is 1.09 bits per heavy atom. The van der Waals surface area contributed by atoms with Gasteiger partial charge in [-0.2, -0.15) is 5.10 Å². The Bertz CT molecular complexity index is 1510. The fourth-order valence-electron chi connectivity index (χ4n) is 5.16. The summed E-state index contributed by atoms with van der Waals surface area (Å²) in [7, 11) is 1.80. The lowest BCUT2D eigenvalue weighted by Gasteiger charge is -2.47. The first kappa shape index (κ1) is 23.1. The molecule has 5 rings (SSSR count). The number of hydrogen-bond acceptors (Lipinski definition) is 6. The van der Waals surface area contributed by atoms with Crippen LogP contribution in [0.5, 0.6) is 0 Å². The van der Waals surface area contributed by atoms with Crippen LogP contribution >= 0.6 is 0 Å². The third kappa shape index (κ3) is 4.17. The fraction of sp³-hybridized carbons (Fsp3) is 0.407. The second kappa shape index (κ2) is 9.16. The lowest BCUT2D eigenvalue weighted by molar-refractivity contribution is 0.119. The molecule has 0 spiro atoms. The van der Waals surface area contributed by atoms with E-state index in [-0.39, 0.29) is 23.7 Å². The molecule has 3 aromatic heterocycles. The van der Waals surface area contributed by atoms with Crippen molar-refractivity contribution in [2.45, 2.75) is 52.4 Å². The molecule has 1 fully saturated rings. The lowest BCUT2D eigenvalue weighted by atomic mass is 10.00. The maximum Gasteiger partial charge on any atom is 0.252 e. The number of nitrogens with zero attached hydrogens (tertiary/aromatic N) is 7. The van der Waals surface area contributed by atoms with Crippen molar-refractivity contribution in [2.75, 3.05) is 18.0 Å². The first-order valence-corrected chi connectivity index (χ1v) is 12.1. The zero-order valence-electron chi connectivity index (χ0n) is 20.9. The van der Waals surface area contributed by atoms with Gasteiger partial charge < -0.3 is 9.47 Å². The number of rotatable bonds is 4. The van der Waals surface area contributed by atoms with Crippen LogP contribution < -0.4 is 10.5 Å². The first-order chi connectivity index (χ1) is 16.9. The molecular formula is C27H31N7O. The number of fused-ring (bicyclic) bond motifs is 2. The Labute approximate surface area is 205 Å². The zero-order valence-corrected chi connectivity index (χ0v) is 20.9. The second-order valence-corrected chi connectivity index (χ2v) is 9.44. The normalized spacial score (nSPS) is 19.6. The minimum atomic E-state index is -0.0263. The number of pyridine rings is 1. The zero-order chi connectivity index (χ0) is 24.7. The van der Waals surface area contributed by atoms with Crippen LogP contribution in [0.15, 0.2) is 47.7 Å². The predicted octanol–water partition coefficient (Wildman–Crippen LogP) is 3.36. The summed E-state index contributed by atoms with van der Waals surface area (Å²) in [6, 6.07) is 8.81. The van der Waals surface area contributed by atoms with Gasteiger partial charge in [0.2, 0.25) is 0 Å². The van der Waals surface area contributed by atoms with Crippen molar-refractivity contribution in [2.24, 2.45) is 7.05 Å². The maximum atomic E-state index is 12.8. The van der Waals surface area contributed by atoms with Crippen molar-refractivity contribution in [3.05, 3.63) is 58.8 Å². The Morgan fingerprint density at radius 2 is 1.86 bits per heavy atom. The van der Waals surface area contributed by atoms with Gasteiger partial charge in [0.1, 0.15) is 12.1 Å². The van der Waals surface area contributed by atoms with E-state index in [0.29, 0.717) is 6.54 Å². The van der Waals surface area contributed by atoms with Crippen molar-refractivity contribution >= 4 is 27.8 Å². The highest BCUT2D eigenvalue weighted by Gasteiger charge is 2.34. The van der Waals surface area contributed by atoms with Gasteiger partial charge in [-0.15, -0.1) is 5.92 Å². The summed E-state index contributed by atoms with van der Waals surface area (Å²) >= 11 is 0. The van der Waals surface area contributed by atoms with Crippen molar-refractivity contribution in [3.8, 4) is 11.8 Å². The molecule has 1 aliphatic heterocycles. The number of hydrogen-bond donors (Lipinski definition) is 0. The molecule has 8 nitrogen and oxygen atoms in total. The van der Waals surface area contributed by atoms with Crippen molar-refractivity contribution in [3.63, 3.8) is 0 Å². The van der Waals surface area contributed by atoms with E-state index in [2.05, 4.69) is 64.5 Å². The summed E-state index contributed by atoms with van der Waals surface area (Å²) < 4.78 is 3.48. The van der Waals surface area contributed by atoms with E-state index in [0.717, 1.165) is 40.8 Å². The molecule has 8 heteroatoms. The number of aromatic nitrogens is 5. The van der Waals surface area contributed by atoms with Crippen molar-refractivity contribution in [1.29, 1.82) is 0 Å². The van der Waals surface area contributed by atoms with E-state index in [9.17, 15) is 4.79 Å². The highest BCUT2D eigenvalue weighted by atomic mass is 16.1. The second-order valence-electron chi connectivity index (χ2n) is 9.44. The van der Waals surface area contributed by atoms with Gasteiger partial charge in [-0.1, -0.05) is 12.0 Å². The summed E-state index contributed by atoms with van der Waals surface area (Å²) in [6.45, 7) is 10.7. The summed E-state index contributed by atoms with van der Waals surface area (Å²) in [5.74, 6) is 5.97. The number of piperazine rings is 1. The summed E-state index contributed by atoms with van der Waals surface area (Å²) in [6.07, 6.45) is 5.38. The van der Waals surface area contributed by atoms with Gasteiger partial charge in [-0.3, -0.25) is 24.3 Å². The summed E-state index contributed by atoms with van der Waals surface area (Å²) in [5.41, 5.74) is 5.62. The van der Waals surface area contributed by atoms with E-state index in [1.165, 1.54) is 5.56 Å². The number of aryl methyl sites for hydroxylation is 1. The van der Waals surface area contributed by atoms with Gasteiger partial charge in [-0.25, -0.2) is 0 Å². The smallest absolute Gasteiger partial charge is 0.252 e. The van der Waals surface area contributed by atoms with E-state index < -0.39 is 0 Å². The van der Waals surface area contributed by atoms with E-state index in [4.69, 9.17) is 5.10 Å². The third-order valence-electron chi connectivity index (χ3n) is 7.17. The monoisotopic (exact) mass is 469 g/mol. The molecule has 4 aromatic rings. The standard InChI is InChI=1S/C27H31N7O/c1-6-7-12-32-17-25-27(30-32)24(14-26(35)31(25)5)34-16-18(2)33(15-19(34)3)20(4)21-8-9-22-23(13-21)29-11-10-28-22/h8-11,13-14,17-20H,12,15-16H2,1-5H3/t18-,19-,20+/m0/s1. The topological polar surface area (TPSA) is 72.1 Å². The molecule has 0 bridgehead atoms. The highest BCUT2D eigenvalue weighted by Crippen LogP contribution is 2.32. The molecule has 0 amide bonds. The molecule has 1 aliphatic rings. The molecule has 180 valence electrons. The van der Waals surface area contributed by atoms with Crippen LogP contribution in [-0.4, -0.2) is 54.4 Å². The van der Waals surface area contributed by atoms with Gasteiger partial charge >= 0.3 is 0 Å². The van der Waals surface area contributed by atoms with Crippen LogP contribution in [0.1, 0.15) is 39.3 Å². The Balaban J connectivity index is 1.45. The molecule has 1 saturated heterocycles. The largest absolute Gasteiger partial charge is 0.364 e. The summed E-state index contributed by atoms with van der Waals surface area (Å²) in [5, 5.41) is 4.80.